The van der Waals surface area contributed by atoms with Crippen LogP contribution in [-0.2, 0) is 0 Å². The van der Waals surface area contributed by atoms with Gasteiger partial charge in [-0.05, 0) is 17.7 Å². The van der Waals surface area contributed by atoms with Crippen LogP contribution in [-0.4, -0.2) is 13.3 Å². The Morgan fingerprint density at radius 3 is 2.33 bits per heavy atom. The Morgan fingerprint density at radius 2 is 1.93 bits per heavy atom. The molecule has 1 nitrogen and oxygen atoms in total. The first-order chi connectivity index (χ1) is 6.86. The van der Waals surface area contributed by atoms with Crippen molar-refractivity contribution in [2.45, 2.75) is 11.6 Å². The molecular weight excluding hydrogens is 236 g/mol. The molecule has 0 aliphatic carbocycles. The van der Waals surface area contributed by atoms with Gasteiger partial charge >= 0.3 is 6.18 Å². The Morgan fingerprint density at radius 1 is 1.33 bits per heavy atom. The molecule has 0 aliphatic heterocycles. The van der Waals surface area contributed by atoms with Crippen molar-refractivity contribution in [3.05, 3.63) is 29.6 Å². The third-order valence-electron chi connectivity index (χ3n) is 1.76. The first-order valence-corrected chi connectivity index (χ1v) is 4.34. The van der Waals surface area contributed by atoms with Gasteiger partial charge in [-0.15, -0.1) is 11.6 Å². The van der Waals surface area contributed by atoms with Gasteiger partial charge in [-0.2, -0.15) is 13.2 Å². The maximum Gasteiger partial charge on any atom is 0.408 e. The minimum absolute atomic E-state index is 0.121. The van der Waals surface area contributed by atoms with Crippen molar-refractivity contribution in [3.63, 3.8) is 0 Å². The lowest BCUT2D eigenvalue weighted by atomic mass is 10.1. The number of alkyl halides is 4. The zero-order chi connectivity index (χ0) is 11.6. The molecule has 1 rings (SSSR count). The second-order valence-corrected chi connectivity index (χ2v) is 3.23. The van der Waals surface area contributed by atoms with E-state index in [2.05, 4.69) is 4.74 Å². The van der Waals surface area contributed by atoms with Gasteiger partial charge in [0.15, 0.2) is 16.9 Å². The summed E-state index contributed by atoms with van der Waals surface area (Å²) in [5.41, 5.74) is -0.345. The van der Waals surface area contributed by atoms with Crippen molar-refractivity contribution in [2.24, 2.45) is 0 Å². The van der Waals surface area contributed by atoms with Crippen LogP contribution in [0.4, 0.5) is 17.6 Å². The predicted molar refractivity (Wildman–Crippen MR) is 47.6 cm³/mol. The monoisotopic (exact) mass is 242 g/mol. The van der Waals surface area contributed by atoms with E-state index < -0.39 is 17.4 Å². The van der Waals surface area contributed by atoms with Crippen molar-refractivity contribution in [1.29, 1.82) is 0 Å². The molecule has 0 aromatic heterocycles. The van der Waals surface area contributed by atoms with Gasteiger partial charge in [0.05, 0.1) is 7.11 Å². The fourth-order valence-electron chi connectivity index (χ4n) is 1.03. The molecule has 0 radical (unpaired) electrons. The molecule has 84 valence electrons. The molecular formula is C9H7ClF4O. The van der Waals surface area contributed by atoms with Crippen molar-refractivity contribution in [1.82, 2.24) is 0 Å². The molecule has 15 heavy (non-hydrogen) atoms. The fourth-order valence-corrected chi connectivity index (χ4v) is 1.16. The van der Waals surface area contributed by atoms with Crippen molar-refractivity contribution in [3.8, 4) is 5.75 Å². The lowest BCUT2D eigenvalue weighted by Crippen LogP contribution is -2.15. The van der Waals surface area contributed by atoms with Gasteiger partial charge < -0.3 is 4.74 Å². The highest BCUT2D eigenvalue weighted by atomic mass is 35.5. The minimum Gasteiger partial charge on any atom is -0.494 e. The van der Waals surface area contributed by atoms with E-state index >= 15 is 0 Å². The molecule has 0 bridgehead atoms. The van der Waals surface area contributed by atoms with E-state index in [1.54, 1.807) is 0 Å². The molecule has 6 heteroatoms. The zero-order valence-corrected chi connectivity index (χ0v) is 8.36. The third-order valence-corrected chi connectivity index (χ3v) is 2.26. The molecule has 0 N–H and O–H groups in total. The average molecular weight is 243 g/mol. The topological polar surface area (TPSA) is 9.23 Å². The molecule has 0 saturated carbocycles. The van der Waals surface area contributed by atoms with Gasteiger partial charge in [0, 0.05) is 0 Å². The Balaban J connectivity index is 3.02. The molecule has 1 aromatic carbocycles. The molecule has 0 fully saturated rings. The highest BCUT2D eigenvalue weighted by molar-refractivity contribution is 6.21. The zero-order valence-electron chi connectivity index (χ0n) is 7.61. The summed E-state index contributed by atoms with van der Waals surface area (Å²) in [5, 5.41) is -2.21. The largest absolute Gasteiger partial charge is 0.494 e. The van der Waals surface area contributed by atoms with Crippen LogP contribution in [0.25, 0.3) is 0 Å². The van der Waals surface area contributed by atoms with Crippen molar-refractivity contribution < 1.29 is 22.3 Å². The van der Waals surface area contributed by atoms with E-state index in [4.69, 9.17) is 11.6 Å². The number of ether oxygens (including phenoxy) is 1. The lowest BCUT2D eigenvalue weighted by molar-refractivity contribution is -0.131. The molecule has 1 aromatic rings. The summed E-state index contributed by atoms with van der Waals surface area (Å²) < 4.78 is 54.1. The predicted octanol–water partition coefficient (Wildman–Crippen LogP) is 3.68. The summed E-state index contributed by atoms with van der Waals surface area (Å²) in [5.74, 6) is -0.991. The van der Waals surface area contributed by atoms with Gasteiger partial charge in [0.1, 0.15) is 0 Å². The van der Waals surface area contributed by atoms with E-state index in [0.29, 0.717) is 6.07 Å². The van der Waals surface area contributed by atoms with Crippen molar-refractivity contribution >= 4 is 11.6 Å². The van der Waals surface area contributed by atoms with Crippen molar-refractivity contribution in [2.75, 3.05) is 7.11 Å². The lowest BCUT2D eigenvalue weighted by Gasteiger charge is -2.14. The smallest absolute Gasteiger partial charge is 0.408 e. The van der Waals surface area contributed by atoms with Crippen LogP contribution in [0.3, 0.4) is 0 Å². The Bertz CT molecular complexity index is 350. The SMILES string of the molecule is COc1ccc(C(Cl)C(F)(F)F)cc1F. The molecule has 0 heterocycles. The number of benzene rings is 1. The standard InChI is InChI=1S/C9H7ClF4O/c1-15-7-3-2-5(4-6(7)11)8(10)9(12,13)14/h2-4,8H,1H3. The number of methoxy groups -OCH3 is 1. The Labute approximate surface area is 88.6 Å². The van der Waals surface area contributed by atoms with Crippen LogP contribution in [0.15, 0.2) is 18.2 Å². The third kappa shape index (κ3) is 2.75. The summed E-state index contributed by atoms with van der Waals surface area (Å²) in [6.45, 7) is 0. The van der Waals surface area contributed by atoms with E-state index in [1.165, 1.54) is 7.11 Å². The van der Waals surface area contributed by atoms with E-state index in [-0.39, 0.29) is 11.3 Å². The van der Waals surface area contributed by atoms with E-state index in [0.717, 1.165) is 12.1 Å². The van der Waals surface area contributed by atoms with E-state index in [1.807, 2.05) is 0 Å². The van der Waals surface area contributed by atoms with Crippen LogP contribution >= 0.6 is 11.6 Å². The summed E-state index contributed by atoms with van der Waals surface area (Å²) in [7, 11) is 1.22. The molecule has 1 unspecified atom stereocenters. The maximum absolute atomic E-state index is 13.0. The molecule has 1 atom stereocenters. The second kappa shape index (κ2) is 4.26. The average Bonchev–Trinajstić information content (AvgIpc) is 2.15. The molecule has 0 spiro atoms. The summed E-state index contributed by atoms with van der Waals surface area (Å²) in [6, 6.07) is 2.89. The number of hydrogen-bond acceptors (Lipinski definition) is 1. The quantitative estimate of drug-likeness (QED) is 0.568. The maximum atomic E-state index is 13.0. The molecule has 0 saturated heterocycles. The number of halogens is 5. The van der Waals surface area contributed by atoms with Gasteiger partial charge in [-0.3, -0.25) is 0 Å². The fraction of sp³-hybridized carbons (Fsp3) is 0.333. The van der Waals surface area contributed by atoms with Gasteiger partial charge in [-0.1, -0.05) is 6.07 Å². The molecule has 0 aliphatic rings. The van der Waals surface area contributed by atoms with Gasteiger partial charge in [-0.25, -0.2) is 4.39 Å². The van der Waals surface area contributed by atoms with Crippen LogP contribution in [0.1, 0.15) is 10.9 Å². The summed E-state index contributed by atoms with van der Waals surface area (Å²) in [4.78, 5) is 0. The first-order valence-electron chi connectivity index (χ1n) is 3.90. The van der Waals surface area contributed by atoms with Gasteiger partial charge in [0.25, 0.3) is 0 Å². The normalized spacial score (nSPS) is 13.7. The number of rotatable bonds is 2. The number of hydrogen-bond donors (Lipinski definition) is 0. The summed E-state index contributed by atoms with van der Waals surface area (Å²) in [6.07, 6.45) is -4.59. The Hall–Kier alpha value is -0.970. The van der Waals surface area contributed by atoms with Crippen LogP contribution in [0, 0.1) is 5.82 Å². The van der Waals surface area contributed by atoms with E-state index in [9.17, 15) is 17.6 Å². The molecule has 0 amide bonds. The Kier molecular flexibility index (Phi) is 3.44. The second-order valence-electron chi connectivity index (χ2n) is 2.80. The van der Waals surface area contributed by atoms with Crippen LogP contribution in [0.2, 0.25) is 0 Å². The highest BCUT2D eigenvalue weighted by Gasteiger charge is 2.39. The highest BCUT2D eigenvalue weighted by Crippen LogP contribution is 2.38. The van der Waals surface area contributed by atoms with Crippen LogP contribution < -0.4 is 4.74 Å². The minimum atomic E-state index is -4.59. The van der Waals surface area contributed by atoms with Crippen LogP contribution in [0.5, 0.6) is 5.75 Å². The van der Waals surface area contributed by atoms with Gasteiger partial charge in [0.2, 0.25) is 0 Å². The summed E-state index contributed by atoms with van der Waals surface area (Å²) >= 11 is 5.12. The first kappa shape index (κ1) is 12.1.